The number of ketones is 1. The minimum Gasteiger partial charge on any atom is -0.479 e. The number of carboxylic acids is 1. The zero-order valence-corrected chi connectivity index (χ0v) is 19.1. The van der Waals surface area contributed by atoms with E-state index in [0.29, 0.717) is 12.8 Å². The highest BCUT2D eigenvalue weighted by Gasteiger charge is 2.60. The maximum atomic E-state index is 12.1. The van der Waals surface area contributed by atoms with Crippen molar-refractivity contribution in [2.45, 2.75) is 102 Å². The minimum atomic E-state index is -2.19. The highest BCUT2D eigenvalue weighted by molar-refractivity contribution is 5.91. The Morgan fingerprint density at radius 3 is 2.61 bits per heavy atom. The van der Waals surface area contributed by atoms with Crippen molar-refractivity contribution >= 4 is 11.8 Å². The lowest BCUT2D eigenvalue weighted by Gasteiger charge is -2.58. The SMILES string of the molecule is [2H]C1([2H])C[C@H]2[C@@H]3CCC4=CC(=O)CC[C@]4(C)[C@H]3CC[C@]2(C)[C@]1([2H])O[C@@H]1O[C@H](C(=O)O)[C@@H](O)[C@H](O)[C@H]1O. The lowest BCUT2D eigenvalue weighted by Crippen LogP contribution is -2.61. The van der Waals surface area contributed by atoms with Gasteiger partial charge in [0.25, 0.3) is 0 Å². The summed E-state index contributed by atoms with van der Waals surface area (Å²) in [6.45, 7) is 4.04. The minimum absolute atomic E-state index is 0.0680. The van der Waals surface area contributed by atoms with Gasteiger partial charge >= 0.3 is 5.97 Å². The van der Waals surface area contributed by atoms with Crippen LogP contribution in [-0.2, 0) is 19.1 Å². The Morgan fingerprint density at radius 2 is 1.88 bits per heavy atom. The number of carbonyl (C=O) groups is 2. The summed E-state index contributed by atoms with van der Waals surface area (Å²) in [5.41, 5.74) is 0.0862. The molecule has 1 aliphatic heterocycles. The first kappa shape index (κ1) is 19.9. The van der Waals surface area contributed by atoms with E-state index >= 15 is 0 Å². The van der Waals surface area contributed by atoms with Crippen LogP contribution in [0.2, 0.25) is 0 Å². The lowest BCUT2D eigenvalue weighted by molar-refractivity contribution is -0.312. The molecule has 5 rings (SSSR count). The van der Waals surface area contributed by atoms with Gasteiger partial charge in [-0.15, -0.1) is 0 Å². The Hall–Kier alpha value is -1.32. The number of rotatable bonds is 3. The van der Waals surface area contributed by atoms with Gasteiger partial charge in [0.1, 0.15) is 18.3 Å². The number of fused-ring (bicyclic) bond motifs is 5. The van der Waals surface area contributed by atoms with Crippen molar-refractivity contribution in [2.75, 3.05) is 0 Å². The molecule has 0 aromatic rings. The van der Waals surface area contributed by atoms with Gasteiger partial charge in [-0.1, -0.05) is 19.4 Å². The summed E-state index contributed by atoms with van der Waals surface area (Å²) in [4.78, 5) is 23.6. The van der Waals surface area contributed by atoms with Gasteiger partial charge in [-0.05, 0) is 79.6 Å². The van der Waals surface area contributed by atoms with Gasteiger partial charge in [0, 0.05) is 9.16 Å². The summed E-state index contributed by atoms with van der Waals surface area (Å²) in [7, 11) is 0. The van der Waals surface area contributed by atoms with Gasteiger partial charge in [0.05, 0.1) is 7.45 Å². The Bertz CT molecular complexity index is 988. The van der Waals surface area contributed by atoms with Crippen molar-refractivity contribution in [2.24, 2.45) is 28.6 Å². The summed E-state index contributed by atoms with van der Waals surface area (Å²) in [5, 5.41) is 40.1. The van der Waals surface area contributed by atoms with Gasteiger partial charge in [0.15, 0.2) is 18.2 Å². The number of allylic oxidation sites excluding steroid dienone is 1. The van der Waals surface area contributed by atoms with Crippen LogP contribution in [0, 0.1) is 28.6 Å². The molecule has 11 atom stereocenters. The van der Waals surface area contributed by atoms with Crippen LogP contribution in [0.4, 0.5) is 0 Å². The van der Waals surface area contributed by atoms with E-state index in [1.165, 1.54) is 5.57 Å². The molecule has 0 amide bonds. The van der Waals surface area contributed by atoms with Crippen molar-refractivity contribution in [3.05, 3.63) is 11.6 Å². The number of hydrogen-bond donors (Lipinski definition) is 4. The molecule has 33 heavy (non-hydrogen) atoms. The number of aliphatic carboxylic acids is 1. The zero-order chi connectivity index (χ0) is 26.4. The standard InChI is InChI=1S/C25H36O8/c1-24-9-7-13(26)11-12(24)3-4-14-15-5-6-17(25(15,2)10-8-16(14)24)32-23-20(29)18(27)19(28)21(33-23)22(30)31/h11,14-21,23,27-29H,3-10H2,1-2H3,(H,30,31)/t14-,15-,16-,17+,18-,19-,20+,21-,23+,24-,25-/m0/s1/i6D2,17D. The van der Waals surface area contributed by atoms with Gasteiger partial charge in [-0.25, -0.2) is 4.79 Å². The van der Waals surface area contributed by atoms with Crippen molar-refractivity contribution in [1.82, 2.24) is 0 Å². The number of aliphatic hydroxyl groups is 3. The van der Waals surface area contributed by atoms with Crippen LogP contribution in [0.3, 0.4) is 0 Å². The quantitative estimate of drug-likeness (QED) is 0.494. The molecule has 0 radical (unpaired) electrons. The fraction of sp³-hybridized carbons (Fsp3) is 0.840. The monoisotopic (exact) mass is 467 g/mol. The Morgan fingerprint density at radius 1 is 1.12 bits per heavy atom. The molecule has 4 N–H and O–H groups in total. The second-order valence-electron chi connectivity index (χ2n) is 11.0. The Balaban J connectivity index is 1.46. The van der Waals surface area contributed by atoms with Crippen molar-refractivity contribution < 1.29 is 43.6 Å². The van der Waals surface area contributed by atoms with Crippen LogP contribution < -0.4 is 0 Å². The molecule has 4 aliphatic carbocycles. The van der Waals surface area contributed by atoms with Crippen LogP contribution in [0.5, 0.6) is 0 Å². The predicted octanol–water partition coefficient (Wildman–Crippen LogP) is 1.80. The third-order valence-corrected chi connectivity index (χ3v) is 9.40. The molecule has 1 heterocycles. The Labute approximate surface area is 198 Å². The average molecular weight is 468 g/mol. The van der Waals surface area contributed by atoms with E-state index in [1.807, 2.05) is 6.92 Å². The molecule has 3 saturated carbocycles. The molecule has 0 aromatic carbocycles. The molecule has 184 valence electrons. The first-order valence-electron chi connectivity index (χ1n) is 13.5. The lowest BCUT2D eigenvalue weighted by atomic mass is 9.47. The summed E-state index contributed by atoms with van der Waals surface area (Å²) in [6.07, 6.45) is -7.74. The normalized spacial score (nSPS) is 56.9. The number of hydrogen-bond acceptors (Lipinski definition) is 7. The van der Waals surface area contributed by atoms with E-state index in [4.69, 9.17) is 12.2 Å². The summed E-state index contributed by atoms with van der Waals surface area (Å²) < 4.78 is 38.3. The van der Waals surface area contributed by atoms with E-state index in [1.54, 1.807) is 6.08 Å². The second kappa shape index (κ2) is 8.12. The van der Waals surface area contributed by atoms with Crippen LogP contribution in [0.15, 0.2) is 11.6 Å². The third-order valence-electron chi connectivity index (χ3n) is 9.40. The fourth-order valence-corrected chi connectivity index (χ4v) is 7.38. The number of carboxylic acid groups (broad SMARTS) is 1. The van der Waals surface area contributed by atoms with Crippen molar-refractivity contribution in [1.29, 1.82) is 0 Å². The topological polar surface area (TPSA) is 134 Å². The van der Waals surface area contributed by atoms with Crippen molar-refractivity contribution in [3.8, 4) is 0 Å². The van der Waals surface area contributed by atoms with Gasteiger partial charge < -0.3 is 29.9 Å². The molecule has 8 heteroatoms. The first-order valence-corrected chi connectivity index (χ1v) is 12.0. The molecule has 0 spiro atoms. The summed E-state index contributed by atoms with van der Waals surface area (Å²) in [6, 6.07) is 0. The molecular weight excluding hydrogens is 428 g/mol. The number of carbonyl (C=O) groups excluding carboxylic acids is 1. The fourth-order valence-electron chi connectivity index (χ4n) is 7.38. The van der Waals surface area contributed by atoms with E-state index in [0.717, 1.165) is 25.7 Å². The molecule has 0 unspecified atom stereocenters. The van der Waals surface area contributed by atoms with Gasteiger partial charge in [-0.2, -0.15) is 0 Å². The van der Waals surface area contributed by atoms with Crippen LogP contribution in [0.25, 0.3) is 0 Å². The molecule has 5 aliphatic rings. The molecule has 8 nitrogen and oxygen atoms in total. The number of ether oxygens (including phenoxy) is 2. The summed E-state index contributed by atoms with van der Waals surface area (Å²) in [5.74, 6) is -1.22. The third kappa shape index (κ3) is 3.52. The van der Waals surface area contributed by atoms with E-state index < -0.39 is 54.5 Å². The highest BCUT2D eigenvalue weighted by Crippen LogP contribution is 2.65. The predicted molar refractivity (Wildman–Crippen MR) is 116 cm³/mol. The number of aliphatic hydroxyl groups excluding tert-OH is 3. The Kier molecular flexibility index (Phi) is 4.91. The second-order valence-corrected chi connectivity index (χ2v) is 11.0. The molecular formula is C25H36O8. The molecule has 1 saturated heterocycles. The molecule has 0 aromatic heterocycles. The maximum Gasteiger partial charge on any atom is 0.335 e. The van der Waals surface area contributed by atoms with E-state index in [-0.39, 0.29) is 35.4 Å². The van der Waals surface area contributed by atoms with Crippen LogP contribution in [0.1, 0.15) is 69.3 Å². The van der Waals surface area contributed by atoms with Gasteiger partial charge in [-0.3, -0.25) is 4.79 Å². The largest absolute Gasteiger partial charge is 0.479 e. The summed E-state index contributed by atoms with van der Waals surface area (Å²) >= 11 is 0. The van der Waals surface area contributed by atoms with Crippen LogP contribution >= 0.6 is 0 Å². The van der Waals surface area contributed by atoms with Crippen molar-refractivity contribution in [3.63, 3.8) is 0 Å². The van der Waals surface area contributed by atoms with E-state index in [2.05, 4.69) is 6.92 Å². The molecule has 0 bridgehead atoms. The average Bonchev–Trinajstić information content (AvgIpc) is 2.96. The molecule has 4 fully saturated rings. The zero-order valence-electron chi connectivity index (χ0n) is 22.1. The van der Waals surface area contributed by atoms with E-state index in [9.17, 15) is 31.4 Å². The smallest absolute Gasteiger partial charge is 0.335 e. The van der Waals surface area contributed by atoms with Crippen LogP contribution in [-0.4, -0.2) is 69.0 Å². The maximum absolute atomic E-state index is 12.1. The first-order chi connectivity index (χ1) is 16.7. The van der Waals surface area contributed by atoms with Gasteiger partial charge in [0.2, 0.25) is 0 Å². The highest BCUT2D eigenvalue weighted by atomic mass is 16.7.